The standard InChI is InChI=1S/C9H14O6/c1-5(10)13-9(4)14-6(7(11)12)8(2,3)15-9/h6H,1-4H3,(H,11,12). The normalized spacial score (nSPS) is 33.7. The van der Waals surface area contributed by atoms with E-state index in [-0.39, 0.29) is 0 Å². The molecule has 1 heterocycles. The minimum atomic E-state index is -1.63. The van der Waals surface area contributed by atoms with Crippen LogP contribution in [0.4, 0.5) is 0 Å². The zero-order valence-corrected chi connectivity index (χ0v) is 9.07. The van der Waals surface area contributed by atoms with Crippen LogP contribution in [0.2, 0.25) is 0 Å². The third-order valence-electron chi connectivity index (χ3n) is 1.97. The fourth-order valence-corrected chi connectivity index (χ4v) is 1.57. The minimum absolute atomic E-state index is 0.598. The van der Waals surface area contributed by atoms with Crippen LogP contribution in [0.1, 0.15) is 27.7 Å². The molecule has 1 fully saturated rings. The molecule has 86 valence electrons. The average molecular weight is 218 g/mol. The van der Waals surface area contributed by atoms with Gasteiger partial charge in [0.15, 0.2) is 6.10 Å². The topological polar surface area (TPSA) is 82.1 Å². The zero-order chi connectivity index (χ0) is 11.9. The van der Waals surface area contributed by atoms with Crippen LogP contribution in [0.3, 0.4) is 0 Å². The van der Waals surface area contributed by atoms with Crippen molar-refractivity contribution in [3.63, 3.8) is 0 Å². The molecule has 0 bridgehead atoms. The van der Waals surface area contributed by atoms with Crippen molar-refractivity contribution in [1.82, 2.24) is 0 Å². The van der Waals surface area contributed by atoms with E-state index >= 15 is 0 Å². The monoisotopic (exact) mass is 218 g/mol. The molecule has 0 amide bonds. The number of esters is 1. The van der Waals surface area contributed by atoms with E-state index in [2.05, 4.69) is 0 Å². The number of carbonyl (C=O) groups is 2. The molecule has 1 N–H and O–H groups in total. The lowest BCUT2D eigenvalue weighted by Gasteiger charge is -2.23. The fraction of sp³-hybridized carbons (Fsp3) is 0.778. The van der Waals surface area contributed by atoms with Gasteiger partial charge >= 0.3 is 17.9 Å². The molecule has 0 aromatic carbocycles. The van der Waals surface area contributed by atoms with Crippen LogP contribution >= 0.6 is 0 Å². The van der Waals surface area contributed by atoms with Crippen molar-refractivity contribution >= 4 is 11.9 Å². The molecule has 1 saturated heterocycles. The number of rotatable bonds is 2. The number of ether oxygens (including phenoxy) is 3. The molecule has 6 nitrogen and oxygen atoms in total. The molecule has 1 aliphatic heterocycles. The molecule has 0 aromatic heterocycles. The maximum absolute atomic E-state index is 10.8. The summed E-state index contributed by atoms with van der Waals surface area (Å²) in [5, 5.41) is 8.87. The van der Waals surface area contributed by atoms with Gasteiger partial charge in [0.1, 0.15) is 5.60 Å². The van der Waals surface area contributed by atoms with Crippen LogP contribution in [0, 0.1) is 0 Å². The average Bonchev–Trinajstić information content (AvgIpc) is 2.18. The van der Waals surface area contributed by atoms with E-state index in [4.69, 9.17) is 19.3 Å². The number of aliphatic carboxylic acids is 1. The Morgan fingerprint density at radius 3 is 2.20 bits per heavy atom. The van der Waals surface area contributed by atoms with Gasteiger partial charge in [-0.3, -0.25) is 9.53 Å². The molecule has 0 aromatic rings. The second-order valence-corrected chi connectivity index (χ2v) is 4.00. The fourth-order valence-electron chi connectivity index (χ4n) is 1.57. The summed E-state index contributed by atoms with van der Waals surface area (Å²) in [6.07, 6.45) is -1.16. The first-order valence-corrected chi connectivity index (χ1v) is 4.47. The smallest absolute Gasteiger partial charge is 0.336 e. The lowest BCUT2D eigenvalue weighted by atomic mass is 10.0. The summed E-state index contributed by atoms with van der Waals surface area (Å²) in [7, 11) is 0. The molecule has 0 aliphatic carbocycles. The maximum atomic E-state index is 10.8. The van der Waals surface area contributed by atoms with E-state index in [0.29, 0.717) is 0 Å². The Bertz CT molecular complexity index is 297. The third kappa shape index (κ3) is 2.45. The molecule has 1 rings (SSSR count). The van der Waals surface area contributed by atoms with E-state index in [0.717, 1.165) is 0 Å². The molecule has 15 heavy (non-hydrogen) atoms. The van der Waals surface area contributed by atoms with Gasteiger partial charge in [-0.15, -0.1) is 0 Å². The summed E-state index contributed by atoms with van der Waals surface area (Å²) in [5.41, 5.74) is -1.05. The Hall–Kier alpha value is -1.14. The van der Waals surface area contributed by atoms with Crippen molar-refractivity contribution in [1.29, 1.82) is 0 Å². The molecular formula is C9H14O6. The summed E-state index contributed by atoms with van der Waals surface area (Å²) in [6.45, 7) is 5.67. The molecule has 6 heteroatoms. The number of carboxylic acid groups (broad SMARTS) is 1. The molecule has 0 spiro atoms. The predicted octanol–water partition coefficient (Wildman–Crippen LogP) is 0.502. The largest absolute Gasteiger partial charge is 0.479 e. The highest BCUT2D eigenvalue weighted by Gasteiger charge is 2.55. The van der Waals surface area contributed by atoms with E-state index in [1.807, 2.05) is 0 Å². The Morgan fingerprint density at radius 2 is 1.87 bits per heavy atom. The quantitative estimate of drug-likeness (QED) is 0.680. The van der Waals surface area contributed by atoms with Gasteiger partial charge < -0.3 is 14.6 Å². The highest BCUT2D eigenvalue weighted by atomic mass is 16.9. The van der Waals surface area contributed by atoms with Crippen molar-refractivity contribution in [3.8, 4) is 0 Å². The lowest BCUT2D eigenvalue weighted by Crippen LogP contribution is -2.39. The Balaban J connectivity index is 2.85. The maximum Gasteiger partial charge on any atom is 0.336 e. The van der Waals surface area contributed by atoms with Crippen LogP contribution in [-0.2, 0) is 23.8 Å². The number of hydrogen-bond acceptors (Lipinski definition) is 5. The molecule has 0 radical (unpaired) electrons. The Morgan fingerprint density at radius 1 is 1.33 bits per heavy atom. The van der Waals surface area contributed by atoms with Gasteiger partial charge in [0.25, 0.3) is 0 Å². The first kappa shape index (κ1) is 11.9. The first-order valence-electron chi connectivity index (χ1n) is 4.47. The van der Waals surface area contributed by atoms with Gasteiger partial charge in [-0.2, -0.15) is 0 Å². The molecule has 2 unspecified atom stereocenters. The second kappa shape index (κ2) is 3.46. The number of hydrogen-bond donors (Lipinski definition) is 1. The molecule has 0 saturated carbocycles. The van der Waals surface area contributed by atoms with Crippen LogP contribution in [0.15, 0.2) is 0 Å². The van der Waals surface area contributed by atoms with Gasteiger partial charge in [-0.1, -0.05) is 0 Å². The molecule has 2 atom stereocenters. The summed E-state index contributed by atoms with van der Waals surface area (Å²) < 4.78 is 15.1. The van der Waals surface area contributed by atoms with Gasteiger partial charge in [0.05, 0.1) is 0 Å². The SMILES string of the molecule is CC(=O)OC1(C)OC(C(=O)O)C(C)(C)O1. The van der Waals surface area contributed by atoms with Crippen molar-refractivity contribution in [2.45, 2.75) is 45.4 Å². The Kier molecular flexibility index (Phi) is 2.75. The highest BCUT2D eigenvalue weighted by Crippen LogP contribution is 2.37. The van der Waals surface area contributed by atoms with Crippen molar-refractivity contribution in [3.05, 3.63) is 0 Å². The van der Waals surface area contributed by atoms with E-state index in [1.165, 1.54) is 13.8 Å². The first-order chi connectivity index (χ1) is 6.66. The van der Waals surface area contributed by atoms with Gasteiger partial charge in [0, 0.05) is 13.8 Å². The predicted molar refractivity (Wildman–Crippen MR) is 47.8 cm³/mol. The van der Waals surface area contributed by atoms with Crippen LogP contribution in [-0.4, -0.2) is 34.7 Å². The second-order valence-electron chi connectivity index (χ2n) is 4.00. The molecular weight excluding hydrogens is 204 g/mol. The van der Waals surface area contributed by atoms with Crippen LogP contribution in [0.5, 0.6) is 0 Å². The lowest BCUT2D eigenvalue weighted by molar-refractivity contribution is -0.316. The number of carboxylic acids is 1. The van der Waals surface area contributed by atoms with Crippen LogP contribution < -0.4 is 0 Å². The summed E-state index contributed by atoms with van der Waals surface area (Å²) in [4.78, 5) is 21.6. The van der Waals surface area contributed by atoms with E-state index < -0.39 is 29.6 Å². The van der Waals surface area contributed by atoms with Crippen LogP contribution in [0.25, 0.3) is 0 Å². The van der Waals surface area contributed by atoms with Crippen molar-refractivity contribution in [2.24, 2.45) is 0 Å². The highest BCUT2D eigenvalue weighted by molar-refractivity contribution is 5.74. The third-order valence-corrected chi connectivity index (χ3v) is 1.97. The van der Waals surface area contributed by atoms with Gasteiger partial charge in [-0.05, 0) is 13.8 Å². The van der Waals surface area contributed by atoms with Gasteiger partial charge in [0.2, 0.25) is 0 Å². The summed E-state index contributed by atoms with van der Waals surface area (Å²) >= 11 is 0. The van der Waals surface area contributed by atoms with E-state index in [1.54, 1.807) is 13.8 Å². The van der Waals surface area contributed by atoms with Crippen molar-refractivity contribution in [2.75, 3.05) is 0 Å². The summed E-state index contributed by atoms with van der Waals surface area (Å²) in [5.74, 6) is -3.38. The number of carbonyl (C=O) groups excluding carboxylic acids is 1. The zero-order valence-electron chi connectivity index (χ0n) is 9.07. The van der Waals surface area contributed by atoms with Gasteiger partial charge in [-0.25, -0.2) is 4.79 Å². The minimum Gasteiger partial charge on any atom is -0.479 e. The molecule has 1 aliphatic rings. The Labute approximate surface area is 87.1 Å². The van der Waals surface area contributed by atoms with Crippen molar-refractivity contribution < 1.29 is 28.9 Å². The van der Waals surface area contributed by atoms with E-state index in [9.17, 15) is 9.59 Å². The summed E-state index contributed by atoms with van der Waals surface area (Å²) in [6, 6.07) is 0.